The van der Waals surface area contributed by atoms with Crippen LogP contribution in [0.2, 0.25) is 0 Å². The standard InChI is InChI=1S/C54H37N/c1-3-13-38(14-4-1)39-27-31-45(32-28-39)55(47-35-36-49-44(37-47)21-12-26-53(49)52-25-9-18-40-17-7-8-22-48(40)52)46-33-29-42(30-34-46)51-24-11-20-43-19-10-23-50(54(43)51)41-15-5-2-6-16-41/h1-37H. The summed E-state index contributed by atoms with van der Waals surface area (Å²) in [6.45, 7) is 0. The Hall–Kier alpha value is -7.22. The van der Waals surface area contributed by atoms with Gasteiger partial charge < -0.3 is 4.90 Å². The van der Waals surface area contributed by atoms with Crippen LogP contribution >= 0.6 is 0 Å². The van der Waals surface area contributed by atoms with Crippen LogP contribution in [0.1, 0.15) is 0 Å². The Kier molecular flexibility index (Phi) is 8.24. The second-order valence-electron chi connectivity index (χ2n) is 14.1. The fourth-order valence-electron chi connectivity index (χ4n) is 8.22. The molecule has 0 aliphatic carbocycles. The second kappa shape index (κ2) is 14.0. The van der Waals surface area contributed by atoms with Crippen molar-refractivity contribution in [2.75, 3.05) is 4.90 Å². The average molecular weight is 700 g/mol. The van der Waals surface area contributed by atoms with Crippen LogP contribution in [0.25, 0.3) is 76.8 Å². The molecule has 0 fully saturated rings. The zero-order valence-corrected chi connectivity index (χ0v) is 30.3. The molecule has 0 amide bonds. The molecule has 0 saturated heterocycles. The van der Waals surface area contributed by atoms with Gasteiger partial charge in [0.25, 0.3) is 0 Å². The molecular weight excluding hydrogens is 663 g/mol. The summed E-state index contributed by atoms with van der Waals surface area (Å²) in [7, 11) is 0. The predicted molar refractivity (Wildman–Crippen MR) is 235 cm³/mol. The molecule has 0 radical (unpaired) electrons. The number of rotatable bonds is 7. The van der Waals surface area contributed by atoms with E-state index in [-0.39, 0.29) is 0 Å². The van der Waals surface area contributed by atoms with Gasteiger partial charge in [0.05, 0.1) is 0 Å². The number of anilines is 3. The van der Waals surface area contributed by atoms with Crippen molar-refractivity contribution in [3.05, 3.63) is 224 Å². The molecule has 55 heavy (non-hydrogen) atoms. The third kappa shape index (κ3) is 6.02. The molecule has 0 N–H and O–H groups in total. The Balaban J connectivity index is 1.09. The summed E-state index contributed by atoms with van der Waals surface area (Å²) in [6.07, 6.45) is 0. The van der Waals surface area contributed by atoms with Crippen LogP contribution in [-0.2, 0) is 0 Å². The van der Waals surface area contributed by atoms with Crippen molar-refractivity contribution in [2.45, 2.75) is 0 Å². The van der Waals surface area contributed by atoms with E-state index < -0.39 is 0 Å². The van der Waals surface area contributed by atoms with Crippen LogP contribution in [0.3, 0.4) is 0 Å². The number of hydrogen-bond donors (Lipinski definition) is 0. The molecule has 0 unspecified atom stereocenters. The lowest BCUT2D eigenvalue weighted by Crippen LogP contribution is -2.10. The maximum absolute atomic E-state index is 2.38. The molecule has 0 aromatic heterocycles. The Labute approximate surface area is 322 Å². The number of fused-ring (bicyclic) bond motifs is 3. The quantitative estimate of drug-likeness (QED) is 0.160. The van der Waals surface area contributed by atoms with Gasteiger partial charge in [0.15, 0.2) is 0 Å². The van der Waals surface area contributed by atoms with Crippen LogP contribution in [0.4, 0.5) is 17.1 Å². The molecule has 0 saturated carbocycles. The Morgan fingerprint density at radius 1 is 0.236 bits per heavy atom. The van der Waals surface area contributed by atoms with Gasteiger partial charge in [-0.05, 0) is 113 Å². The minimum atomic E-state index is 1.10. The van der Waals surface area contributed by atoms with Gasteiger partial charge in [-0.15, -0.1) is 0 Å². The molecule has 0 atom stereocenters. The fourth-order valence-corrected chi connectivity index (χ4v) is 8.22. The highest BCUT2D eigenvalue weighted by atomic mass is 15.1. The van der Waals surface area contributed by atoms with Crippen LogP contribution in [0.15, 0.2) is 224 Å². The molecule has 0 aliphatic rings. The predicted octanol–water partition coefficient (Wildman–Crippen LogP) is 15.3. The lowest BCUT2D eigenvalue weighted by Gasteiger charge is -2.26. The Bertz CT molecular complexity index is 2940. The number of hydrogen-bond acceptors (Lipinski definition) is 1. The first-order chi connectivity index (χ1) is 27.3. The van der Waals surface area contributed by atoms with Crippen LogP contribution in [-0.4, -0.2) is 0 Å². The maximum Gasteiger partial charge on any atom is 0.0468 e. The molecule has 258 valence electrons. The number of benzene rings is 10. The highest BCUT2D eigenvalue weighted by Gasteiger charge is 2.17. The molecule has 0 heterocycles. The first-order valence-corrected chi connectivity index (χ1v) is 18.9. The van der Waals surface area contributed by atoms with E-state index >= 15 is 0 Å². The molecular formula is C54H37N. The van der Waals surface area contributed by atoms with Crippen LogP contribution in [0, 0.1) is 0 Å². The van der Waals surface area contributed by atoms with Crippen molar-refractivity contribution in [2.24, 2.45) is 0 Å². The lowest BCUT2D eigenvalue weighted by atomic mass is 9.91. The van der Waals surface area contributed by atoms with E-state index in [1.807, 2.05) is 0 Å². The van der Waals surface area contributed by atoms with Crippen LogP contribution < -0.4 is 4.90 Å². The highest BCUT2D eigenvalue weighted by Crippen LogP contribution is 2.42. The van der Waals surface area contributed by atoms with E-state index in [2.05, 4.69) is 229 Å². The maximum atomic E-state index is 2.38. The first-order valence-electron chi connectivity index (χ1n) is 18.9. The van der Waals surface area contributed by atoms with Gasteiger partial charge in [0, 0.05) is 17.1 Å². The van der Waals surface area contributed by atoms with Gasteiger partial charge in [0.2, 0.25) is 0 Å². The van der Waals surface area contributed by atoms with Gasteiger partial charge in [-0.2, -0.15) is 0 Å². The Morgan fingerprint density at radius 2 is 0.655 bits per heavy atom. The lowest BCUT2D eigenvalue weighted by molar-refractivity contribution is 1.29. The fraction of sp³-hybridized carbons (Fsp3) is 0. The molecule has 0 spiro atoms. The van der Waals surface area contributed by atoms with Crippen LogP contribution in [0.5, 0.6) is 0 Å². The smallest absolute Gasteiger partial charge is 0.0468 e. The van der Waals surface area contributed by atoms with Gasteiger partial charge in [0.1, 0.15) is 0 Å². The van der Waals surface area contributed by atoms with Gasteiger partial charge in [-0.3, -0.25) is 0 Å². The molecule has 1 nitrogen and oxygen atoms in total. The Morgan fingerprint density at radius 3 is 1.29 bits per heavy atom. The van der Waals surface area contributed by atoms with Crippen molar-refractivity contribution in [1.29, 1.82) is 0 Å². The third-order valence-electron chi connectivity index (χ3n) is 10.9. The van der Waals surface area contributed by atoms with E-state index in [4.69, 9.17) is 0 Å². The van der Waals surface area contributed by atoms with E-state index in [1.54, 1.807) is 0 Å². The molecule has 1 heteroatoms. The SMILES string of the molecule is c1ccc(-c2ccc(N(c3ccc(-c4cccc5cccc(-c6ccccc6)c45)cc3)c3ccc4c(-c5cccc6ccccc56)cccc4c3)cc2)cc1. The van der Waals surface area contributed by atoms with Gasteiger partial charge in [-0.1, -0.05) is 188 Å². The van der Waals surface area contributed by atoms with E-state index in [0.717, 1.165) is 17.1 Å². The van der Waals surface area contributed by atoms with E-state index in [0.29, 0.717) is 0 Å². The summed E-state index contributed by atoms with van der Waals surface area (Å²) in [5.41, 5.74) is 13.1. The monoisotopic (exact) mass is 699 g/mol. The molecule has 0 aliphatic heterocycles. The normalized spacial score (nSPS) is 11.3. The number of nitrogens with zero attached hydrogens (tertiary/aromatic N) is 1. The summed E-state index contributed by atoms with van der Waals surface area (Å²) >= 11 is 0. The molecule has 0 bridgehead atoms. The van der Waals surface area contributed by atoms with Gasteiger partial charge >= 0.3 is 0 Å². The van der Waals surface area contributed by atoms with Gasteiger partial charge in [-0.25, -0.2) is 0 Å². The van der Waals surface area contributed by atoms with E-state index in [9.17, 15) is 0 Å². The summed E-state index contributed by atoms with van der Waals surface area (Å²) in [6, 6.07) is 81.4. The molecule has 10 rings (SSSR count). The van der Waals surface area contributed by atoms with Crippen molar-refractivity contribution in [3.63, 3.8) is 0 Å². The highest BCUT2D eigenvalue weighted by molar-refractivity contribution is 6.08. The zero-order chi connectivity index (χ0) is 36.6. The second-order valence-corrected chi connectivity index (χ2v) is 14.1. The van der Waals surface area contributed by atoms with Crippen molar-refractivity contribution in [1.82, 2.24) is 0 Å². The van der Waals surface area contributed by atoms with E-state index in [1.165, 1.54) is 76.8 Å². The first kappa shape index (κ1) is 32.4. The molecule has 10 aromatic rings. The minimum absolute atomic E-state index is 1.10. The third-order valence-corrected chi connectivity index (χ3v) is 10.9. The minimum Gasteiger partial charge on any atom is -0.310 e. The largest absolute Gasteiger partial charge is 0.310 e. The van der Waals surface area contributed by atoms with Crippen molar-refractivity contribution in [3.8, 4) is 44.5 Å². The van der Waals surface area contributed by atoms with Crippen molar-refractivity contribution >= 4 is 49.4 Å². The summed E-state index contributed by atoms with van der Waals surface area (Å²) in [4.78, 5) is 2.38. The zero-order valence-electron chi connectivity index (χ0n) is 30.3. The average Bonchev–Trinajstić information content (AvgIpc) is 3.27. The summed E-state index contributed by atoms with van der Waals surface area (Å²) in [5, 5.41) is 7.47. The molecule has 10 aromatic carbocycles. The van der Waals surface area contributed by atoms with Crippen molar-refractivity contribution < 1.29 is 0 Å². The summed E-state index contributed by atoms with van der Waals surface area (Å²) in [5.74, 6) is 0. The summed E-state index contributed by atoms with van der Waals surface area (Å²) < 4.78 is 0. The topological polar surface area (TPSA) is 3.24 Å².